The summed E-state index contributed by atoms with van der Waals surface area (Å²) in [6, 6.07) is 0.481. The van der Waals surface area contributed by atoms with Crippen LogP contribution in [0.1, 0.15) is 83.1 Å². The summed E-state index contributed by atoms with van der Waals surface area (Å²) in [6.45, 7) is 6.89. The van der Waals surface area contributed by atoms with Crippen LogP contribution in [0.15, 0.2) is 12.3 Å². The fourth-order valence-corrected chi connectivity index (χ4v) is 4.94. The molecular formula is C29H42N2O10. The van der Waals surface area contributed by atoms with Gasteiger partial charge in [-0.3, -0.25) is 14.4 Å². The Morgan fingerprint density at radius 2 is 1.85 bits per heavy atom. The zero-order chi connectivity index (χ0) is 29.9. The second-order valence-electron chi connectivity index (χ2n) is 10.8. The van der Waals surface area contributed by atoms with Gasteiger partial charge in [0.15, 0.2) is 17.2 Å². The first-order valence-electron chi connectivity index (χ1n) is 14.2. The minimum atomic E-state index is -1.01. The number of aromatic nitrogens is 1. The molecule has 1 aromatic heterocycles. The van der Waals surface area contributed by atoms with Crippen molar-refractivity contribution in [2.75, 3.05) is 20.5 Å². The fourth-order valence-electron chi connectivity index (χ4n) is 4.94. The highest BCUT2D eigenvalue weighted by molar-refractivity contribution is 5.98. The highest BCUT2D eigenvalue weighted by Crippen LogP contribution is 2.31. The summed E-state index contributed by atoms with van der Waals surface area (Å²) in [7, 11) is 1.39. The molecule has 1 aromatic rings. The zero-order valence-electron chi connectivity index (χ0n) is 24.5. The Hall–Kier alpha value is -3.41. The molecule has 12 heteroatoms. The Morgan fingerprint density at radius 1 is 1.12 bits per heavy atom. The van der Waals surface area contributed by atoms with Gasteiger partial charge in [-0.2, -0.15) is 0 Å². The topological polar surface area (TPSA) is 149 Å². The maximum absolute atomic E-state index is 13.3. The van der Waals surface area contributed by atoms with E-state index in [-0.39, 0.29) is 41.4 Å². The first-order chi connectivity index (χ1) is 19.6. The second-order valence-corrected chi connectivity index (χ2v) is 10.8. The van der Waals surface area contributed by atoms with Crippen molar-refractivity contribution in [3.05, 3.63) is 18.0 Å². The van der Waals surface area contributed by atoms with Crippen molar-refractivity contribution in [1.82, 2.24) is 10.3 Å². The van der Waals surface area contributed by atoms with Gasteiger partial charge >= 0.3 is 17.9 Å². The van der Waals surface area contributed by atoms with Crippen LogP contribution in [-0.2, 0) is 33.3 Å². The van der Waals surface area contributed by atoms with E-state index in [0.717, 1.165) is 25.7 Å². The van der Waals surface area contributed by atoms with E-state index in [4.69, 9.17) is 28.4 Å². The molecule has 4 atom stereocenters. The smallest absolute Gasteiger partial charge is 0.329 e. The van der Waals surface area contributed by atoms with Crippen LogP contribution in [0.2, 0.25) is 0 Å². The predicted molar refractivity (Wildman–Crippen MR) is 145 cm³/mol. The third kappa shape index (κ3) is 9.31. The number of rotatable bonds is 11. The van der Waals surface area contributed by atoms with Crippen LogP contribution in [0, 0.1) is 11.8 Å². The SMILES string of the molecule is COc1ccnc(C(=O)NC2CCCC(OC(=O)C3CCCC3)C(OCC(C)C)C(C)OC2=O)c1OCOC(C)=O. The van der Waals surface area contributed by atoms with Gasteiger partial charge in [0, 0.05) is 25.8 Å². The zero-order valence-corrected chi connectivity index (χ0v) is 24.5. The van der Waals surface area contributed by atoms with Gasteiger partial charge in [-0.05, 0) is 44.9 Å². The molecule has 2 aliphatic rings. The van der Waals surface area contributed by atoms with E-state index in [0.29, 0.717) is 19.4 Å². The predicted octanol–water partition coefficient (Wildman–Crippen LogP) is 3.35. The summed E-state index contributed by atoms with van der Waals surface area (Å²) in [5.41, 5.74) is -0.154. The van der Waals surface area contributed by atoms with Crippen LogP contribution in [-0.4, -0.2) is 73.7 Å². The largest absolute Gasteiger partial charge is 0.493 e. The van der Waals surface area contributed by atoms with Gasteiger partial charge in [0.2, 0.25) is 6.79 Å². The second kappa shape index (κ2) is 15.6. The Kier molecular flexibility index (Phi) is 12.2. The lowest BCUT2D eigenvalue weighted by atomic mass is 10.0. The van der Waals surface area contributed by atoms with Gasteiger partial charge in [0.1, 0.15) is 24.4 Å². The van der Waals surface area contributed by atoms with E-state index in [1.165, 1.54) is 26.3 Å². The van der Waals surface area contributed by atoms with Crippen LogP contribution >= 0.6 is 0 Å². The van der Waals surface area contributed by atoms with E-state index in [1.54, 1.807) is 6.92 Å². The molecule has 2 heterocycles. The van der Waals surface area contributed by atoms with Gasteiger partial charge < -0.3 is 33.7 Å². The van der Waals surface area contributed by atoms with Gasteiger partial charge in [0.05, 0.1) is 13.0 Å². The molecule has 12 nitrogen and oxygen atoms in total. The highest BCUT2D eigenvalue weighted by Gasteiger charge is 2.38. The number of methoxy groups -OCH3 is 1. The van der Waals surface area contributed by atoms with Crippen LogP contribution in [0.3, 0.4) is 0 Å². The summed E-state index contributed by atoms with van der Waals surface area (Å²) >= 11 is 0. The molecule has 3 rings (SSSR count). The average Bonchev–Trinajstić information content (AvgIpc) is 3.47. The Morgan fingerprint density at radius 3 is 2.51 bits per heavy atom. The molecule has 0 spiro atoms. The third-order valence-electron chi connectivity index (χ3n) is 7.05. The number of amides is 1. The molecule has 1 saturated heterocycles. The summed E-state index contributed by atoms with van der Waals surface area (Å²) in [5, 5.41) is 2.69. The van der Waals surface area contributed by atoms with Gasteiger partial charge in [-0.1, -0.05) is 26.7 Å². The quantitative estimate of drug-likeness (QED) is 0.234. The average molecular weight is 579 g/mol. The first kappa shape index (κ1) is 32.1. The molecule has 41 heavy (non-hydrogen) atoms. The number of esters is 3. The van der Waals surface area contributed by atoms with Crippen molar-refractivity contribution in [1.29, 1.82) is 0 Å². The van der Waals surface area contributed by atoms with Gasteiger partial charge in [-0.15, -0.1) is 0 Å². The molecule has 0 aromatic carbocycles. The first-order valence-corrected chi connectivity index (χ1v) is 14.2. The standard InChI is InChI=1S/C29H42N2O10/c1-17(2)15-37-25-18(3)40-29(35)21(11-8-12-23(25)41-28(34)20-9-6-7-10-20)31-27(33)24-26(39-16-38-19(4)32)22(36-5)13-14-30-24/h13-14,17-18,20-21,23,25H,6-12,15-16H2,1-5H3,(H,31,33). The van der Waals surface area contributed by atoms with Crippen LogP contribution < -0.4 is 14.8 Å². The van der Waals surface area contributed by atoms with E-state index in [1.807, 2.05) is 13.8 Å². The lowest BCUT2D eigenvalue weighted by Crippen LogP contribution is -2.46. The van der Waals surface area contributed by atoms with Crippen molar-refractivity contribution >= 4 is 23.8 Å². The lowest BCUT2D eigenvalue weighted by Gasteiger charge is -2.32. The Balaban J connectivity index is 1.76. The van der Waals surface area contributed by atoms with Crippen molar-refractivity contribution in [2.45, 2.75) is 97.0 Å². The normalized spacial score (nSPS) is 23.5. The summed E-state index contributed by atoms with van der Waals surface area (Å²) in [4.78, 5) is 54.7. The van der Waals surface area contributed by atoms with Crippen molar-refractivity contribution < 1.29 is 47.6 Å². The van der Waals surface area contributed by atoms with E-state index < -0.39 is 49.0 Å². The molecule has 1 amide bonds. The minimum absolute atomic E-state index is 0.0420. The molecule has 1 N–H and O–H groups in total. The van der Waals surface area contributed by atoms with Crippen LogP contribution in [0.5, 0.6) is 11.5 Å². The van der Waals surface area contributed by atoms with Gasteiger partial charge in [0.25, 0.3) is 5.91 Å². The molecule has 228 valence electrons. The monoisotopic (exact) mass is 578 g/mol. The Bertz CT molecular complexity index is 1060. The van der Waals surface area contributed by atoms with Crippen molar-refractivity contribution in [3.63, 3.8) is 0 Å². The lowest BCUT2D eigenvalue weighted by molar-refractivity contribution is -0.178. The number of nitrogens with zero attached hydrogens (tertiary/aromatic N) is 1. The molecular weight excluding hydrogens is 536 g/mol. The van der Waals surface area contributed by atoms with Crippen LogP contribution in [0.4, 0.5) is 0 Å². The van der Waals surface area contributed by atoms with E-state index >= 15 is 0 Å². The number of cyclic esters (lactones) is 1. The third-order valence-corrected chi connectivity index (χ3v) is 7.05. The number of carbonyl (C=O) groups is 4. The maximum Gasteiger partial charge on any atom is 0.329 e. The van der Waals surface area contributed by atoms with Crippen molar-refractivity contribution in [2.24, 2.45) is 11.8 Å². The number of hydrogen-bond donors (Lipinski definition) is 1. The summed E-state index contributed by atoms with van der Waals surface area (Å²) in [6.07, 6.45) is 4.13. The minimum Gasteiger partial charge on any atom is -0.493 e. The van der Waals surface area contributed by atoms with Gasteiger partial charge in [-0.25, -0.2) is 9.78 Å². The fraction of sp³-hybridized carbons (Fsp3) is 0.690. The van der Waals surface area contributed by atoms with Crippen molar-refractivity contribution in [3.8, 4) is 11.5 Å². The molecule has 4 unspecified atom stereocenters. The molecule has 1 saturated carbocycles. The summed E-state index contributed by atoms with van der Waals surface area (Å²) < 4.78 is 33.4. The Labute approximate surface area is 240 Å². The molecule has 1 aliphatic heterocycles. The summed E-state index contributed by atoms with van der Waals surface area (Å²) in [5.74, 6) is -1.89. The number of hydrogen-bond acceptors (Lipinski definition) is 11. The molecule has 0 bridgehead atoms. The maximum atomic E-state index is 13.3. The number of nitrogens with one attached hydrogen (secondary N) is 1. The number of ether oxygens (including phenoxy) is 6. The van der Waals surface area contributed by atoms with Crippen LogP contribution in [0.25, 0.3) is 0 Å². The van der Waals surface area contributed by atoms with E-state index in [2.05, 4.69) is 10.3 Å². The molecule has 2 fully saturated rings. The number of pyridine rings is 1. The number of carbonyl (C=O) groups excluding carboxylic acids is 4. The van der Waals surface area contributed by atoms with E-state index in [9.17, 15) is 19.2 Å². The molecule has 1 aliphatic carbocycles. The highest BCUT2D eigenvalue weighted by atomic mass is 16.7. The molecule has 0 radical (unpaired) electrons.